The van der Waals surface area contributed by atoms with Gasteiger partial charge in [0.15, 0.2) is 0 Å². The van der Waals surface area contributed by atoms with Gasteiger partial charge in [0, 0.05) is 26.2 Å². The summed E-state index contributed by atoms with van der Waals surface area (Å²) >= 11 is 0. The van der Waals surface area contributed by atoms with Crippen LogP contribution in [0.1, 0.15) is 26.7 Å². The van der Waals surface area contributed by atoms with Crippen molar-refractivity contribution < 1.29 is 13.2 Å². The van der Waals surface area contributed by atoms with Gasteiger partial charge in [-0.1, -0.05) is 0 Å². The van der Waals surface area contributed by atoms with Crippen LogP contribution in [0.3, 0.4) is 0 Å². The first-order valence-corrected chi connectivity index (χ1v) is 8.34. The van der Waals surface area contributed by atoms with Gasteiger partial charge in [0.25, 0.3) is 10.2 Å². The molecule has 2 aliphatic heterocycles. The zero-order valence-corrected chi connectivity index (χ0v) is 13.9. The molecule has 2 saturated heterocycles. The maximum atomic E-state index is 12.6. The van der Waals surface area contributed by atoms with Gasteiger partial charge in [0.2, 0.25) is 0 Å². The van der Waals surface area contributed by atoms with E-state index in [-0.39, 0.29) is 12.4 Å². The molecule has 0 aromatic rings. The highest BCUT2D eigenvalue weighted by Gasteiger charge is 2.38. The summed E-state index contributed by atoms with van der Waals surface area (Å²) in [6, 6.07) is 0. The standard InChI is InChI=1S/C12H25N3O3S.ClH/c1-12(2)10-15(7-8-18-12)19(16,17)14-5-3-11(9-13)4-6-14;/h11H,3-10,13H2,1-2H3;1H. The highest BCUT2D eigenvalue weighted by atomic mass is 35.5. The molecule has 6 nitrogen and oxygen atoms in total. The molecule has 2 fully saturated rings. The van der Waals surface area contributed by atoms with Crippen molar-refractivity contribution in [1.82, 2.24) is 8.61 Å². The molecule has 0 aliphatic carbocycles. The third-order valence-corrected chi connectivity index (χ3v) is 5.93. The Bertz CT molecular complexity index is 408. The Morgan fingerprint density at radius 3 is 2.30 bits per heavy atom. The molecule has 0 amide bonds. The van der Waals surface area contributed by atoms with E-state index in [2.05, 4.69) is 0 Å². The number of hydrogen-bond acceptors (Lipinski definition) is 4. The Morgan fingerprint density at radius 2 is 1.80 bits per heavy atom. The fourth-order valence-corrected chi connectivity index (χ4v) is 4.49. The summed E-state index contributed by atoms with van der Waals surface area (Å²) in [7, 11) is -3.34. The molecule has 0 radical (unpaired) electrons. The molecule has 0 saturated carbocycles. The predicted molar refractivity (Wildman–Crippen MR) is 81.1 cm³/mol. The number of nitrogens with two attached hydrogens (primary N) is 1. The normalized spacial score (nSPS) is 26.1. The quantitative estimate of drug-likeness (QED) is 0.816. The number of halogens is 1. The van der Waals surface area contributed by atoms with Crippen LogP contribution in [0, 0.1) is 5.92 Å². The van der Waals surface area contributed by atoms with E-state index < -0.39 is 15.8 Å². The van der Waals surface area contributed by atoms with Crippen molar-refractivity contribution in [2.45, 2.75) is 32.3 Å². The van der Waals surface area contributed by atoms with Gasteiger partial charge < -0.3 is 10.5 Å². The molecule has 2 N–H and O–H groups in total. The monoisotopic (exact) mass is 327 g/mol. The maximum absolute atomic E-state index is 12.6. The molecular weight excluding hydrogens is 302 g/mol. The fraction of sp³-hybridized carbons (Fsp3) is 1.00. The Hall–Kier alpha value is 0.0800. The van der Waals surface area contributed by atoms with E-state index >= 15 is 0 Å². The molecule has 0 atom stereocenters. The van der Waals surface area contributed by atoms with Crippen LogP contribution in [0.15, 0.2) is 0 Å². The minimum atomic E-state index is -3.34. The lowest BCUT2D eigenvalue weighted by molar-refractivity contribution is -0.0654. The lowest BCUT2D eigenvalue weighted by Gasteiger charge is -2.40. The molecule has 8 heteroatoms. The van der Waals surface area contributed by atoms with Crippen molar-refractivity contribution in [3.63, 3.8) is 0 Å². The summed E-state index contributed by atoms with van der Waals surface area (Å²) in [5, 5.41) is 0. The average Bonchev–Trinajstić information content (AvgIpc) is 2.37. The van der Waals surface area contributed by atoms with Crippen LogP contribution in [-0.4, -0.2) is 62.0 Å². The van der Waals surface area contributed by atoms with Gasteiger partial charge in [-0.3, -0.25) is 0 Å². The number of ether oxygens (including phenoxy) is 1. The van der Waals surface area contributed by atoms with E-state index in [1.54, 1.807) is 8.61 Å². The van der Waals surface area contributed by atoms with Gasteiger partial charge in [0.05, 0.1) is 12.2 Å². The summed E-state index contributed by atoms with van der Waals surface area (Å²) in [6.45, 7) is 7.01. The highest BCUT2D eigenvalue weighted by Crippen LogP contribution is 2.24. The Labute approximate surface area is 128 Å². The van der Waals surface area contributed by atoms with Crippen molar-refractivity contribution in [2.75, 3.05) is 39.3 Å². The van der Waals surface area contributed by atoms with Crippen LogP contribution in [0.25, 0.3) is 0 Å². The van der Waals surface area contributed by atoms with E-state index in [1.807, 2.05) is 13.8 Å². The van der Waals surface area contributed by atoms with Crippen molar-refractivity contribution in [3.8, 4) is 0 Å². The number of piperidine rings is 1. The van der Waals surface area contributed by atoms with Gasteiger partial charge >= 0.3 is 0 Å². The van der Waals surface area contributed by atoms with Crippen LogP contribution >= 0.6 is 12.4 Å². The number of rotatable bonds is 3. The molecule has 0 aromatic carbocycles. The van der Waals surface area contributed by atoms with Gasteiger partial charge in [-0.2, -0.15) is 17.0 Å². The SMILES string of the molecule is CC1(C)CN(S(=O)(=O)N2CCC(CN)CC2)CCO1.Cl. The predicted octanol–water partition coefficient (Wildman–Crippen LogP) is 0.435. The molecule has 20 heavy (non-hydrogen) atoms. The molecule has 0 bridgehead atoms. The molecule has 0 spiro atoms. The summed E-state index contributed by atoms with van der Waals surface area (Å²) in [6.07, 6.45) is 1.73. The van der Waals surface area contributed by atoms with Gasteiger partial charge in [0.1, 0.15) is 0 Å². The second-order valence-corrected chi connectivity index (χ2v) is 7.96. The van der Waals surface area contributed by atoms with Crippen molar-refractivity contribution in [1.29, 1.82) is 0 Å². The zero-order valence-electron chi connectivity index (χ0n) is 12.2. The third-order valence-electron chi connectivity index (χ3n) is 3.95. The first kappa shape index (κ1) is 18.1. The zero-order chi connectivity index (χ0) is 14.1. The van der Waals surface area contributed by atoms with Gasteiger partial charge in [-0.05, 0) is 39.2 Å². The van der Waals surface area contributed by atoms with E-state index in [0.717, 1.165) is 12.8 Å². The molecule has 2 rings (SSSR count). The van der Waals surface area contributed by atoms with Crippen LogP contribution in [0.2, 0.25) is 0 Å². The van der Waals surface area contributed by atoms with E-state index in [9.17, 15) is 8.42 Å². The molecular formula is C12H26ClN3O3S. The lowest BCUT2D eigenvalue weighted by atomic mass is 9.99. The van der Waals surface area contributed by atoms with Crippen molar-refractivity contribution in [2.24, 2.45) is 11.7 Å². The topological polar surface area (TPSA) is 75.9 Å². The first-order chi connectivity index (χ1) is 8.85. The van der Waals surface area contributed by atoms with Gasteiger partial charge in [-0.15, -0.1) is 12.4 Å². The molecule has 0 aromatic heterocycles. The second kappa shape index (κ2) is 6.89. The minimum absolute atomic E-state index is 0. The molecule has 2 heterocycles. The van der Waals surface area contributed by atoms with E-state index in [4.69, 9.17) is 10.5 Å². The third kappa shape index (κ3) is 4.05. The van der Waals surface area contributed by atoms with Crippen molar-refractivity contribution in [3.05, 3.63) is 0 Å². The maximum Gasteiger partial charge on any atom is 0.282 e. The molecule has 2 aliphatic rings. The summed E-state index contributed by atoms with van der Waals surface area (Å²) < 4.78 is 33.9. The number of morpholine rings is 1. The fourth-order valence-electron chi connectivity index (χ4n) is 2.71. The minimum Gasteiger partial charge on any atom is -0.373 e. The highest BCUT2D eigenvalue weighted by molar-refractivity contribution is 7.86. The number of nitrogens with zero attached hydrogens (tertiary/aromatic N) is 2. The number of hydrogen-bond donors (Lipinski definition) is 1. The van der Waals surface area contributed by atoms with Crippen LogP contribution < -0.4 is 5.73 Å². The lowest BCUT2D eigenvalue weighted by Crippen LogP contribution is -2.55. The summed E-state index contributed by atoms with van der Waals surface area (Å²) in [4.78, 5) is 0. The molecule has 0 unspecified atom stereocenters. The van der Waals surface area contributed by atoms with Crippen LogP contribution in [0.4, 0.5) is 0 Å². The smallest absolute Gasteiger partial charge is 0.282 e. The Morgan fingerprint density at radius 1 is 1.20 bits per heavy atom. The van der Waals surface area contributed by atoms with Crippen molar-refractivity contribution >= 4 is 22.6 Å². The van der Waals surface area contributed by atoms with E-state index in [1.165, 1.54) is 0 Å². The molecule has 120 valence electrons. The van der Waals surface area contributed by atoms with E-state index in [0.29, 0.717) is 45.2 Å². The Balaban J connectivity index is 0.00000200. The van der Waals surface area contributed by atoms with Crippen LogP contribution in [0.5, 0.6) is 0 Å². The summed E-state index contributed by atoms with van der Waals surface area (Å²) in [5.41, 5.74) is 5.24. The van der Waals surface area contributed by atoms with Crippen LogP contribution in [-0.2, 0) is 14.9 Å². The Kier molecular flexibility index (Phi) is 6.25. The first-order valence-electron chi connectivity index (χ1n) is 6.94. The van der Waals surface area contributed by atoms with Gasteiger partial charge in [-0.25, -0.2) is 0 Å². The largest absolute Gasteiger partial charge is 0.373 e. The average molecular weight is 328 g/mol. The second-order valence-electron chi connectivity index (χ2n) is 6.03. The summed E-state index contributed by atoms with van der Waals surface area (Å²) in [5.74, 6) is 0.465.